The van der Waals surface area contributed by atoms with Gasteiger partial charge in [-0.15, -0.1) is 0 Å². The molecule has 2 N–H and O–H groups in total. The van der Waals surface area contributed by atoms with Gasteiger partial charge in [0.15, 0.2) is 0 Å². The van der Waals surface area contributed by atoms with Gasteiger partial charge in [-0.25, -0.2) is 21.6 Å². The second kappa shape index (κ2) is 10.4. The maximum Gasteiger partial charge on any atom is 0.243 e. The summed E-state index contributed by atoms with van der Waals surface area (Å²) in [5.41, 5.74) is 1.87. The Morgan fingerprint density at radius 2 is 1.66 bits per heavy atom. The minimum atomic E-state index is -3.65. The summed E-state index contributed by atoms with van der Waals surface area (Å²) in [6.45, 7) is 4.41. The van der Waals surface area contributed by atoms with Crippen molar-refractivity contribution in [3.63, 3.8) is 0 Å². The largest absolute Gasteiger partial charge is 0.355 e. The van der Waals surface area contributed by atoms with Gasteiger partial charge in [0.1, 0.15) is 0 Å². The standard InChI is InChI=1S/C22H27N3O5S2/c1-2-31(27,28)24-15-20-16-25(17-20)32(29,30)21-10-8-19(9-11-21)14-22(26)23-13-12-18-6-4-3-5-7-18/h2-11,20,24H,1,12-17H2,(H,23,26). The molecule has 2 aromatic rings. The Morgan fingerprint density at radius 3 is 2.28 bits per heavy atom. The number of benzene rings is 2. The Balaban J connectivity index is 1.46. The molecule has 0 bridgehead atoms. The van der Waals surface area contributed by atoms with E-state index in [1.165, 1.54) is 16.4 Å². The van der Waals surface area contributed by atoms with Crippen molar-refractivity contribution < 1.29 is 21.6 Å². The smallest absolute Gasteiger partial charge is 0.243 e. The second-order valence-corrected chi connectivity index (χ2v) is 11.3. The second-order valence-electron chi connectivity index (χ2n) is 7.65. The van der Waals surface area contributed by atoms with E-state index in [1.807, 2.05) is 30.3 Å². The topological polar surface area (TPSA) is 113 Å². The highest BCUT2D eigenvalue weighted by Crippen LogP contribution is 2.25. The number of nitrogens with zero attached hydrogens (tertiary/aromatic N) is 1. The minimum absolute atomic E-state index is 0.0849. The third-order valence-corrected chi connectivity index (χ3v) is 8.07. The molecule has 3 rings (SSSR count). The van der Waals surface area contributed by atoms with Crippen LogP contribution in [0.5, 0.6) is 0 Å². The van der Waals surface area contributed by atoms with E-state index in [1.54, 1.807) is 12.1 Å². The van der Waals surface area contributed by atoms with E-state index < -0.39 is 20.0 Å². The molecule has 1 heterocycles. The molecule has 0 saturated carbocycles. The number of amides is 1. The minimum Gasteiger partial charge on any atom is -0.355 e. The fourth-order valence-corrected chi connectivity index (χ4v) is 5.49. The van der Waals surface area contributed by atoms with Crippen LogP contribution in [-0.4, -0.2) is 53.2 Å². The molecule has 1 fully saturated rings. The van der Waals surface area contributed by atoms with E-state index >= 15 is 0 Å². The predicted octanol–water partition coefficient (Wildman–Crippen LogP) is 1.27. The quantitative estimate of drug-likeness (QED) is 0.506. The molecule has 0 unspecified atom stereocenters. The summed E-state index contributed by atoms with van der Waals surface area (Å²) in [5.74, 6) is -0.206. The van der Waals surface area contributed by atoms with Gasteiger partial charge in [-0.05, 0) is 29.7 Å². The highest BCUT2D eigenvalue weighted by Gasteiger charge is 2.36. The van der Waals surface area contributed by atoms with Crippen molar-refractivity contribution in [1.82, 2.24) is 14.3 Å². The van der Waals surface area contributed by atoms with Crippen molar-refractivity contribution in [1.29, 1.82) is 0 Å². The fraction of sp³-hybridized carbons (Fsp3) is 0.318. The molecule has 0 spiro atoms. The number of nitrogens with one attached hydrogen (secondary N) is 2. The molecule has 32 heavy (non-hydrogen) atoms. The Morgan fingerprint density at radius 1 is 1.00 bits per heavy atom. The average molecular weight is 478 g/mol. The van der Waals surface area contributed by atoms with Gasteiger partial charge in [-0.2, -0.15) is 4.31 Å². The molecule has 1 aliphatic rings. The zero-order chi connectivity index (χ0) is 23.2. The van der Waals surface area contributed by atoms with E-state index in [0.29, 0.717) is 6.54 Å². The highest BCUT2D eigenvalue weighted by molar-refractivity contribution is 7.92. The zero-order valence-corrected chi connectivity index (χ0v) is 19.2. The Bertz CT molecular complexity index is 1140. The Kier molecular flexibility index (Phi) is 7.83. The third kappa shape index (κ3) is 6.49. The summed E-state index contributed by atoms with van der Waals surface area (Å²) in [6, 6.07) is 16.1. The fourth-order valence-electron chi connectivity index (χ4n) is 3.31. The normalized spacial score (nSPS) is 15.1. The van der Waals surface area contributed by atoms with Gasteiger partial charge in [-0.1, -0.05) is 49.0 Å². The van der Waals surface area contributed by atoms with E-state index in [0.717, 1.165) is 23.0 Å². The average Bonchev–Trinajstić information content (AvgIpc) is 2.73. The molecule has 10 heteroatoms. The first-order chi connectivity index (χ1) is 15.2. The molecule has 1 amide bonds. The monoisotopic (exact) mass is 477 g/mol. The maximum absolute atomic E-state index is 12.7. The zero-order valence-electron chi connectivity index (χ0n) is 17.6. The lowest BCUT2D eigenvalue weighted by Crippen LogP contribution is -2.53. The summed E-state index contributed by atoms with van der Waals surface area (Å²) in [5, 5.41) is 3.70. The summed E-state index contributed by atoms with van der Waals surface area (Å²) < 4.78 is 51.9. The number of rotatable bonds is 11. The summed E-state index contributed by atoms with van der Waals surface area (Å²) >= 11 is 0. The first kappa shape index (κ1) is 24.1. The SMILES string of the molecule is C=CS(=O)(=O)NCC1CN(S(=O)(=O)c2ccc(CC(=O)NCCc3ccccc3)cc2)C1. The lowest BCUT2D eigenvalue weighted by Gasteiger charge is -2.38. The van der Waals surface area contributed by atoms with Gasteiger partial charge >= 0.3 is 0 Å². The Labute approximate surface area is 189 Å². The molecule has 0 aliphatic carbocycles. The van der Waals surface area contributed by atoms with Crippen molar-refractivity contribution in [3.8, 4) is 0 Å². The van der Waals surface area contributed by atoms with E-state index in [2.05, 4.69) is 16.6 Å². The summed E-state index contributed by atoms with van der Waals surface area (Å²) in [4.78, 5) is 12.3. The molecule has 0 atom stereocenters. The lowest BCUT2D eigenvalue weighted by molar-refractivity contribution is -0.120. The lowest BCUT2D eigenvalue weighted by atomic mass is 10.0. The molecule has 2 aromatic carbocycles. The predicted molar refractivity (Wildman–Crippen MR) is 123 cm³/mol. The highest BCUT2D eigenvalue weighted by atomic mass is 32.2. The van der Waals surface area contributed by atoms with E-state index in [9.17, 15) is 21.6 Å². The van der Waals surface area contributed by atoms with Crippen molar-refractivity contribution in [2.24, 2.45) is 5.92 Å². The maximum atomic E-state index is 12.7. The van der Waals surface area contributed by atoms with Crippen LogP contribution in [0, 0.1) is 5.92 Å². The molecule has 0 aromatic heterocycles. The number of hydrogen-bond acceptors (Lipinski definition) is 5. The first-order valence-corrected chi connectivity index (χ1v) is 13.2. The molecule has 1 aliphatic heterocycles. The molecular weight excluding hydrogens is 450 g/mol. The number of hydrogen-bond donors (Lipinski definition) is 2. The van der Waals surface area contributed by atoms with Gasteiger partial charge in [0.05, 0.1) is 11.3 Å². The molecular formula is C22H27N3O5S2. The van der Waals surface area contributed by atoms with Crippen LogP contribution in [0.3, 0.4) is 0 Å². The van der Waals surface area contributed by atoms with Crippen LogP contribution in [0.1, 0.15) is 11.1 Å². The van der Waals surface area contributed by atoms with Crippen LogP contribution in [0.2, 0.25) is 0 Å². The van der Waals surface area contributed by atoms with Crippen molar-refractivity contribution in [2.75, 3.05) is 26.2 Å². The van der Waals surface area contributed by atoms with Crippen LogP contribution >= 0.6 is 0 Å². The van der Waals surface area contributed by atoms with Crippen LogP contribution in [0.4, 0.5) is 0 Å². The van der Waals surface area contributed by atoms with Crippen LogP contribution < -0.4 is 10.0 Å². The van der Waals surface area contributed by atoms with Crippen molar-refractivity contribution >= 4 is 26.0 Å². The van der Waals surface area contributed by atoms with E-state index in [-0.39, 0.29) is 42.8 Å². The van der Waals surface area contributed by atoms with Gasteiger partial charge in [-0.3, -0.25) is 4.79 Å². The number of carbonyl (C=O) groups is 1. The molecule has 172 valence electrons. The molecule has 1 saturated heterocycles. The molecule has 8 nitrogen and oxygen atoms in total. The van der Waals surface area contributed by atoms with Gasteiger partial charge in [0.25, 0.3) is 0 Å². The number of sulfonamides is 2. The van der Waals surface area contributed by atoms with Crippen LogP contribution in [-0.2, 0) is 37.7 Å². The van der Waals surface area contributed by atoms with Crippen LogP contribution in [0.25, 0.3) is 0 Å². The first-order valence-electron chi connectivity index (χ1n) is 10.2. The van der Waals surface area contributed by atoms with Gasteiger partial charge in [0, 0.05) is 37.5 Å². The van der Waals surface area contributed by atoms with E-state index in [4.69, 9.17) is 0 Å². The van der Waals surface area contributed by atoms with Crippen molar-refractivity contribution in [2.45, 2.75) is 17.7 Å². The summed E-state index contributed by atoms with van der Waals surface area (Å²) in [6.07, 6.45) is 0.917. The molecule has 0 radical (unpaired) electrons. The van der Waals surface area contributed by atoms with Gasteiger partial charge in [0.2, 0.25) is 26.0 Å². The van der Waals surface area contributed by atoms with Crippen molar-refractivity contribution in [3.05, 3.63) is 77.7 Å². The third-order valence-electron chi connectivity index (χ3n) is 5.22. The summed E-state index contributed by atoms with van der Waals surface area (Å²) in [7, 11) is -7.17. The number of carbonyl (C=O) groups excluding carboxylic acids is 1. The Hall–Kier alpha value is -2.53. The van der Waals surface area contributed by atoms with Crippen LogP contribution in [0.15, 0.2) is 71.5 Å². The van der Waals surface area contributed by atoms with Gasteiger partial charge < -0.3 is 5.32 Å².